The van der Waals surface area contributed by atoms with Crippen molar-refractivity contribution in [2.45, 2.75) is 37.8 Å². The predicted octanol–water partition coefficient (Wildman–Crippen LogP) is 3.31. The molecular formula is C19H18N4O. The number of amides is 2. The third kappa shape index (κ3) is 1.86. The molecule has 2 amide bonds. The van der Waals surface area contributed by atoms with Crippen LogP contribution in [0.15, 0.2) is 36.7 Å². The van der Waals surface area contributed by atoms with E-state index in [-0.39, 0.29) is 6.03 Å². The van der Waals surface area contributed by atoms with E-state index >= 15 is 0 Å². The Hall–Kier alpha value is -2.61. The van der Waals surface area contributed by atoms with E-state index in [1.54, 1.807) is 17.3 Å². The Morgan fingerprint density at radius 2 is 2.00 bits per heavy atom. The van der Waals surface area contributed by atoms with Crippen molar-refractivity contribution in [2.24, 2.45) is 5.41 Å². The molecular weight excluding hydrogens is 300 g/mol. The fraction of sp³-hybridized carbons (Fsp3) is 0.421. The number of anilines is 1. The van der Waals surface area contributed by atoms with Gasteiger partial charge in [0, 0.05) is 23.0 Å². The molecule has 2 heterocycles. The van der Waals surface area contributed by atoms with Crippen LogP contribution in [0.25, 0.3) is 10.8 Å². The Morgan fingerprint density at radius 1 is 1.21 bits per heavy atom. The number of hydrogen-bond donors (Lipinski definition) is 0. The fourth-order valence-corrected chi connectivity index (χ4v) is 4.33. The quantitative estimate of drug-likeness (QED) is 0.853. The Balaban J connectivity index is 1.51. The van der Waals surface area contributed by atoms with Crippen LogP contribution in [0.3, 0.4) is 0 Å². The topological polar surface area (TPSA) is 60.2 Å². The van der Waals surface area contributed by atoms with Gasteiger partial charge in [0.15, 0.2) is 0 Å². The Kier molecular flexibility index (Phi) is 2.70. The van der Waals surface area contributed by atoms with Gasteiger partial charge in [-0.15, -0.1) is 0 Å². The molecule has 5 nitrogen and oxygen atoms in total. The molecule has 1 spiro atoms. The Bertz CT molecular complexity index is 869. The lowest BCUT2D eigenvalue weighted by atomic mass is 9.76. The number of pyridine rings is 1. The summed E-state index contributed by atoms with van der Waals surface area (Å²) >= 11 is 0. The number of nitrogens with zero attached hydrogens (tertiary/aromatic N) is 4. The zero-order valence-electron chi connectivity index (χ0n) is 13.4. The zero-order chi connectivity index (χ0) is 16.3. The highest BCUT2D eigenvalue weighted by Crippen LogP contribution is 2.62. The van der Waals surface area contributed by atoms with Crippen molar-refractivity contribution in [3.63, 3.8) is 0 Å². The lowest BCUT2D eigenvalue weighted by molar-refractivity contribution is 0.102. The average molecular weight is 318 g/mol. The lowest BCUT2D eigenvalue weighted by Crippen LogP contribution is -2.47. The van der Waals surface area contributed by atoms with Gasteiger partial charge in [-0.05, 0) is 31.1 Å². The minimum atomic E-state index is -0.444. The molecule has 1 atom stereocenters. The first-order valence-electron chi connectivity index (χ1n) is 8.53. The molecule has 2 saturated carbocycles. The standard InChI is InChI=1S/C19H18N4O/c20-9-15-12-22(14-7-19(8-14)5-6-19)18(24)23(15)17-11-21-10-13-3-1-2-4-16(13)17/h1-4,10-11,14-15H,5-8,12H2/t15-/m1/s1. The minimum Gasteiger partial charge on any atom is -0.318 e. The molecule has 2 aromatic rings. The van der Waals surface area contributed by atoms with Crippen LogP contribution in [0.4, 0.5) is 10.5 Å². The summed E-state index contributed by atoms with van der Waals surface area (Å²) in [5.74, 6) is 0. The second kappa shape index (κ2) is 4.70. The van der Waals surface area contributed by atoms with E-state index in [4.69, 9.17) is 0 Å². The number of rotatable bonds is 2. The number of urea groups is 1. The van der Waals surface area contributed by atoms with Crippen LogP contribution in [0.2, 0.25) is 0 Å². The van der Waals surface area contributed by atoms with Crippen LogP contribution in [0.1, 0.15) is 25.7 Å². The van der Waals surface area contributed by atoms with Crippen molar-refractivity contribution in [3.05, 3.63) is 36.7 Å². The molecule has 0 unspecified atom stereocenters. The number of aromatic nitrogens is 1. The van der Waals surface area contributed by atoms with Crippen LogP contribution in [-0.2, 0) is 0 Å². The third-order valence-corrected chi connectivity index (χ3v) is 5.92. The summed E-state index contributed by atoms with van der Waals surface area (Å²) in [6.45, 7) is 0.499. The van der Waals surface area contributed by atoms with E-state index in [0.717, 1.165) is 29.3 Å². The monoisotopic (exact) mass is 318 g/mol. The van der Waals surface area contributed by atoms with Gasteiger partial charge in [-0.25, -0.2) is 4.79 Å². The van der Waals surface area contributed by atoms with E-state index < -0.39 is 6.04 Å². The summed E-state index contributed by atoms with van der Waals surface area (Å²) in [5.41, 5.74) is 1.29. The molecule has 1 aromatic carbocycles. The van der Waals surface area contributed by atoms with Crippen LogP contribution in [-0.4, -0.2) is 34.5 Å². The summed E-state index contributed by atoms with van der Waals surface area (Å²) in [7, 11) is 0. The molecule has 2 aliphatic carbocycles. The van der Waals surface area contributed by atoms with Gasteiger partial charge < -0.3 is 4.90 Å². The molecule has 1 aromatic heterocycles. The summed E-state index contributed by atoms with van der Waals surface area (Å²) in [5, 5.41) is 11.6. The number of carbonyl (C=O) groups excluding carboxylic acids is 1. The molecule has 0 N–H and O–H groups in total. The first-order valence-corrected chi connectivity index (χ1v) is 8.53. The normalized spacial score (nSPS) is 25.1. The van der Waals surface area contributed by atoms with Gasteiger partial charge in [-0.1, -0.05) is 24.3 Å². The minimum absolute atomic E-state index is 0.0415. The molecule has 0 bridgehead atoms. The highest BCUT2D eigenvalue weighted by Gasteiger charge is 2.57. The Labute approximate surface area is 140 Å². The zero-order valence-corrected chi connectivity index (χ0v) is 13.4. The summed E-state index contributed by atoms with van der Waals surface area (Å²) in [6, 6.07) is 10.0. The van der Waals surface area contributed by atoms with Crippen molar-refractivity contribution in [1.29, 1.82) is 5.26 Å². The molecule has 0 radical (unpaired) electrons. The molecule has 1 saturated heterocycles. The summed E-state index contributed by atoms with van der Waals surface area (Å²) < 4.78 is 0. The lowest BCUT2D eigenvalue weighted by Gasteiger charge is -2.41. The molecule has 120 valence electrons. The molecule has 24 heavy (non-hydrogen) atoms. The van der Waals surface area contributed by atoms with Crippen molar-refractivity contribution < 1.29 is 4.79 Å². The van der Waals surface area contributed by atoms with Crippen molar-refractivity contribution in [1.82, 2.24) is 9.88 Å². The maximum Gasteiger partial charge on any atom is 0.326 e. The molecule has 5 rings (SSSR count). The summed E-state index contributed by atoms with van der Waals surface area (Å²) in [4.78, 5) is 20.9. The van der Waals surface area contributed by atoms with Gasteiger partial charge >= 0.3 is 6.03 Å². The highest BCUT2D eigenvalue weighted by atomic mass is 16.2. The van der Waals surface area contributed by atoms with E-state index in [2.05, 4.69) is 11.1 Å². The Morgan fingerprint density at radius 3 is 2.75 bits per heavy atom. The fourth-order valence-electron chi connectivity index (χ4n) is 4.33. The van der Waals surface area contributed by atoms with E-state index in [9.17, 15) is 10.1 Å². The van der Waals surface area contributed by atoms with E-state index in [0.29, 0.717) is 18.0 Å². The number of benzene rings is 1. The predicted molar refractivity (Wildman–Crippen MR) is 90.4 cm³/mol. The smallest absolute Gasteiger partial charge is 0.318 e. The summed E-state index contributed by atoms with van der Waals surface area (Å²) in [6.07, 6.45) is 8.34. The van der Waals surface area contributed by atoms with Gasteiger partial charge in [0.05, 0.1) is 24.5 Å². The van der Waals surface area contributed by atoms with Crippen molar-refractivity contribution in [3.8, 4) is 6.07 Å². The molecule has 5 heteroatoms. The number of carbonyl (C=O) groups is 1. The van der Waals surface area contributed by atoms with Gasteiger partial charge in [0.25, 0.3) is 0 Å². The largest absolute Gasteiger partial charge is 0.326 e. The second-order valence-electron chi connectivity index (χ2n) is 7.39. The maximum absolute atomic E-state index is 13.1. The molecule has 3 fully saturated rings. The van der Waals surface area contributed by atoms with Gasteiger partial charge in [-0.2, -0.15) is 5.26 Å². The number of fused-ring (bicyclic) bond motifs is 1. The average Bonchev–Trinajstić information content (AvgIpc) is 3.32. The van der Waals surface area contributed by atoms with E-state index in [1.165, 1.54) is 12.8 Å². The van der Waals surface area contributed by atoms with Crippen LogP contribution < -0.4 is 4.90 Å². The van der Waals surface area contributed by atoms with Gasteiger partial charge in [0.2, 0.25) is 0 Å². The third-order valence-electron chi connectivity index (χ3n) is 5.92. The maximum atomic E-state index is 13.1. The second-order valence-corrected chi connectivity index (χ2v) is 7.39. The number of nitriles is 1. The van der Waals surface area contributed by atoms with Gasteiger partial charge in [0.1, 0.15) is 6.04 Å². The first-order chi connectivity index (χ1) is 11.7. The van der Waals surface area contributed by atoms with Crippen molar-refractivity contribution >= 4 is 22.5 Å². The number of hydrogen-bond acceptors (Lipinski definition) is 3. The van der Waals surface area contributed by atoms with Crippen LogP contribution in [0, 0.1) is 16.7 Å². The highest BCUT2D eigenvalue weighted by molar-refractivity contribution is 6.04. The van der Waals surface area contributed by atoms with Crippen LogP contribution in [0.5, 0.6) is 0 Å². The van der Waals surface area contributed by atoms with E-state index in [1.807, 2.05) is 29.2 Å². The molecule has 1 aliphatic heterocycles. The van der Waals surface area contributed by atoms with Crippen LogP contribution >= 0.6 is 0 Å². The first kappa shape index (κ1) is 13.8. The SMILES string of the molecule is N#C[C@@H]1CN(C2CC3(CC3)C2)C(=O)N1c1cncc2ccccc12. The van der Waals surface area contributed by atoms with Gasteiger partial charge in [-0.3, -0.25) is 9.88 Å². The molecule has 3 aliphatic rings. The van der Waals surface area contributed by atoms with Crippen molar-refractivity contribution in [2.75, 3.05) is 11.4 Å².